The summed E-state index contributed by atoms with van der Waals surface area (Å²) in [5.41, 5.74) is 0. The molecule has 1 unspecified atom stereocenters. The van der Waals surface area contributed by atoms with Gasteiger partial charge in [0.05, 0.1) is 6.61 Å². The summed E-state index contributed by atoms with van der Waals surface area (Å²) in [6, 6.07) is 0. The number of halogens is 1. The highest BCUT2D eigenvalue weighted by Crippen LogP contribution is 2.00. The molecule has 0 rings (SSSR count). The molecule has 0 heterocycles. The van der Waals surface area contributed by atoms with Gasteiger partial charge in [-0.3, -0.25) is 0 Å². The molecule has 62 valence electrons. The van der Waals surface area contributed by atoms with Gasteiger partial charge in [-0.15, -0.1) is 0 Å². The van der Waals surface area contributed by atoms with E-state index >= 15 is 0 Å². The van der Waals surface area contributed by atoms with Crippen molar-refractivity contribution in [2.24, 2.45) is 0 Å². The van der Waals surface area contributed by atoms with Gasteiger partial charge in [0.15, 0.2) is 0 Å². The van der Waals surface area contributed by atoms with Crippen LogP contribution in [0.25, 0.3) is 0 Å². The van der Waals surface area contributed by atoms with Gasteiger partial charge in [-0.05, 0) is 19.8 Å². The highest BCUT2D eigenvalue weighted by Gasteiger charge is 2.02. The quantitative estimate of drug-likeness (QED) is 0.575. The summed E-state index contributed by atoms with van der Waals surface area (Å²) >= 11 is 0. The number of alkyl halides is 1. The van der Waals surface area contributed by atoms with Gasteiger partial charge >= 0.3 is 0 Å². The minimum Gasteiger partial charge on any atom is -0.393 e. The zero-order valence-electron chi connectivity index (χ0n) is 6.35. The summed E-state index contributed by atoms with van der Waals surface area (Å²) in [7, 11) is 0. The Hall–Kier alpha value is -0.150. The second kappa shape index (κ2) is 6.96. The number of ether oxygens (including phenoxy) is 1. The van der Waals surface area contributed by atoms with Crippen molar-refractivity contribution in [3.05, 3.63) is 0 Å². The molecular weight excluding hydrogens is 135 g/mol. The zero-order valence-corrected chi connectivity index (χ0v) is 6.35. The molecule has 0 aromatic heterocycles. The number of rotatable bonds is 6. The fourth-order valence-corrected chi connectivity index (χ4v) is 0.643. The summed E-state index contributed by atoms with van der Waals surface area (Å²) in [6.07, 6.45) is 0.0203. The second-order valence-corrected chi connectivity index (χ2v) is 2.12. The van der Waals surface area contributed by atoms with E-state index in [1.54, 1.807) is 0 Å². The molecule has 0 amide bonds. The predicted molar refractivity (Wildman–Crippen MR) is 37.7 cm³/mol. The van der Waals surface area contributed by atoms with E-state index in [0.717, 1.165) is 0 Å². The van der Waals surface area contributed by atoms with Gasteiger partial charge in [-0.2, -0.15) is 0 Å². The van der Waals surface area contributed by atoms with Crippen LogP contribution in [0.1, 0.15) is 19.8 Å². The molecular formula is C7H15FO2. The van der Waals surface area contributed by atoms with Crippen LogP contribution in [-0.2, 0) is 4.74 Å². The number of hydrogen-bond acceptors (Lipinski definition) is 2. The second-order valence-electron chi connectivity index (χ2n) is 2.12. The Labute approximate surface area is 61.0 Å². The van der Waals surface area contributed by atoms with Crippen LogP contribution >= 0.6 is 0 Å². The molecule has 3 heteroatoms. The number of aliphatic hydroxyl groups excluding tert-OH is 1. The Bertz CT molecular complexity index is 68.6. The van der Waals surface area contributed by atoms with Crippen LogP contribution in [0.5, 0.6) is 0 Å². The van der Waals surface area contributed by atoms with Gasteiger partial charge in [0.1, 0.15) is 6.17 Å². The Balaban J connectivity index is 2.89. The lowest BCUT2D eigenvalue weighted by Gasteiger charge is -2.03. The molecule has 0 bridgehead atoms. The molecule has 0 radical (unpaired) electrons. The molecule has 0 spiro atoms. The van der Waals surface area contributed by atoms with Crippen LogP contribution < -0.4 is 0 Å². The number of aliphatic hydroxyl groups is 1. The number of hydrogen-bond donors (Lipinski definition) is 1. The normalized spacial score (nSPS) is 13.5. The van der Waals surface area contributed by atoms with Crippen molar-refractivity contribution in [1.82, 2.24) is 0 Å². The van der Waals surface area contributed by atoms with E-state index in [1.807, 2.05) is 6.92 Å². The first kappa shape index (κ1) is 9.85. The lowest BCUT2D eigenvalue weighted by Crippen LogP contribution is -2.07. The first-order valence-electron chi connectivity index (χ1n) is 3.64. The molecule has 1 atom stereocenters. The molecule has 10 heavy (non-hydrogen) atoms. The van der Waals surface area contributed by atoms with E-state index in [0.29, 0.717) is 26.1 Å². The van der Waals surface area contributed by atoms with Crippen LogP contribution in [0.15, 0.2) is 0 Å². The third-order valence-electron chi connectivity index (χ3n) is 1.21. The fourth-order valence-electron chi connectivity index (χ4n) is 0.643. The van der Waals surface area contributed by atoms with Crippen molar-refractivity contribution in [2.75, 3.05) is 19.8 Å². The lowest BCUT2D eigenvalue weighted by atomic mass is 10.2. The maximum Gasteiger partial charge on any atom is 0.123 e. The molecule has 0 saturated heterocycles. The van der Waals surface area contributed by atoms with Crippen LogP contribution in [0.3, 0.4) is 0 Å². The van der Waals surface area contributed by atoms with Gasteiger partial charge in [0.25, 0.3) is 0 Å². The molecule has 0 aliphatic rings. The summed E-state index contributed by atoms with van der Waals surface area (Å²) in [5.74, 6) is 0. The first-order chi connectivity index (χ1) is 4.81. The Morgan fingerprint density at radius 3 is 2.80 bits per heavy atom. The molecule has 0 aromatic rings. The minimum absolute atomic E-state index is 0.369. The van der Waals surface area contributed by atoms with Crippen LogP contribution in [0.4, 0.5) is 4.39 Å². The zero-order chi connectivity index (χ0) is 7.82. The van der Waals surface area contributed by atoms with E-state index < -0.39 is 6.17 Å². The van der Waals surface area contributed by atoms with Gasteiger partial charge in [-0.1, -0.05) is 0 Å². The van der Waals surface area contributed by atoms with E-state index in [4.69, 9.17) is 9.84 Å². The van der Waals surface area contributed by atoms with Crippen molar-refractivity contribution >= 4 is 0 Å². The van der Waals surface area contributed by atoms with E-state index in [9.17, 15) is 4.39 Å². The fraction of sp³-hybridized carbons (Fsp3) is 1.00. The average molecular weight is 150 g/mol. The molecule has 0 aliphatic heterocycles. The van der Waals surface area contributed by atoms with Crippen LogP contribution in [0, 0.1) is 0 Å². The standard InChI is InChI=1S/C7H15FO2/c1-2-10-5-3-4-7(8)6-9/h7,9H,2-6H2,1H3. The maximum atomic E-state index is 12.3. The van der Waals surface area contributed by atoms with Crippen LogP contribution in [0.2, 0.25) is 0 Å². The molecule has 2 nitrogen and oxygen atoms in total. The predicted octanol–water partition coefficient (Wildman–Crippen LogP) is 1.13. The smallest absolute Gasteiger partial charge is 0.123 e. The highest BCUT2D eigenvalue weighted by molar-refractivity contribution is 4.52. The Morgan fingerprint density at radius 1 is 1.60 bits per heavy atom. The Morgan fingerprint density at radius 2 is 2.30 bits per heavy atom. The molecule has 0 aromatic carbocycles. The molecule has 0 aliphatic carbocycles. The monoisotopic (exact) mass is 150 g/mol. The molecule has 1 N–H and O–H groups in total. The third-order valence-corrected chi connectivity index (χ3v) is 1.21. The highest BCUT2D eigenvalue weighted by atomic mass is 19.1. The van der Waals surface area contributed by atoms with Gasteiger partial charge in [0, 0.05) is 13.2 Å². The summed E-state index contributed by atoms with van der Waals surface area (Å²) in [6.45, 7) is 2.80. The topological polar surface area (TPSA) is 29.5 Å². The van der Waals surface area contributed by atoms with Crippen molar-refractivity contribution in [3.8, 4) is 0 Å². The van der Waals surface area contributed by atoms with Crippen LogP contribution in [-0.4, -0.2) is 31.1 Å². The molecule has 0 saturated carbocycles. The first-order valence-corrected chi connectivity index (χ1v) is 3.64. The van der Waals surface area contributed by atoms with E-state index in [1.165, 1.54) is 0 Å². The lowest BCUT2D eigenvalue weighted by molar-refractivity contribution is 0.121. The Kier molecular flexibility index (Phi) is 6.86. The maximum absolute atomic E-state index is 12.3. The summed E-state index contributed by atoms with van der Waals surface area (Å²) in [4.78, 5) is 0. The summed E-state index contributed by atoms with van der Waals surface area (Å²) < 4.78 is 17.2. The molecule has 0 fully saturated rings. The van der Waals surface area contributed by atoms with E-state index in [2.05, 4.69) is 0 Å². The summed E-state index contributed by atoms with van der Waals surface area (Å²) in [5, 5.41) is 8.28. The van der Waals surface area contributed by atoms with Gasteiger partial charge in [-0.25, -0.2) is 4.39 Å². The van der Waals surface area contributed by atoms with E-state index in [-0.39, 0.29) is 6.61 Å². The van der Waals surface area contributed by atoms with Gasteiger partial charge in [0.2, 0.25) is 0 Å². The van der Waals surface area contributed by atoms with Crippen molar-refractivity contribution in [2.45, 2.75) is 25.9 Å². The third kappa shape index (κ3) is 5.98. The largest absolute Gasteiger partial charge is 0.393 e. The SMILES string of the molecule is CCOCCCC(F)CO. The average Bonchev–Trinajstić information content (AvgIpc) is 1.98. The van der Waals surface area contributed by atoms with Crippen molar-refractivity contribution in [1.29, 1.82) is 0 Å². The van der Waals surface area contributed by atoms with Crippen molar-refractivity contribution in [3.63, 3.8) is 0 Å². The van der Waals surface area contributed by atoms with Gasteiger partial charge < -0.3 is 9.84 Å². The minimum atomic E-state index is -1.07. The van der Waals surface area contributed by atoms with Crippen molar-refractivity contribution < 1.29 is 14.2 Å².